The molecule has 0 unspecified atom stereocenters. The van der Waals surface area contributed by atoms with Gasteiger partial charge in [0.15, 0.2) is 0 Å². The Bertz CT molecular complexity index is 575. The van der Waals surface area contributed by atoms with E-state index in [1.165, 1.54) is 11.8 Å². The molecule has 0 radical (unpaired) electrons. The molecule has 1 heterocycles. The van der Waals surface area contributed by atoms with Gasteiger partial charge in [0.05, 0.1) is 11.3 Å². The molecular formula is C15H17NO3. The number of ketones is 2. The fourth-order valence-corrected chi connectivity index (χ4v) is 2.50. The molecule has 19 heavy (non-hydrogen) atoms. The van der Waals surface area contributed by atoms with Crippen LogP contribution in [0, 0.1) is 13.8 Å². The molecule has 1 amide bonds. The Hall–Kier alpha value is -1.97. The summed E-state index contributed by atoms with van der Waals surface area (Å²) in [5, 5.41) is 0. The first-order valence-corrected chi connectivity index (χ1v) is 6.38. The second-order valence-corrected chi connectivity index (χ2v) is 5.07. The highest BCUT2D eigenvalue weighted by Gasteiger charge is 2.36. The van der Waals surface area contributed by atoms with Crippen LogP contribution in [0.15, 0.2) is 12.1 Å². The highest BCUT2D eigenvalue weighted by molar-refractivity contribution is 6.52. The third-order valence-electron chi connectivity index (χ3n) is 3.33. The van der Waals surface area contributed by atoms with Gasteiger partial charge < -0.3 is 9.69 Å². The van der Waals surface area contributed by atoms with Crippen LogP contribution in [0.1, 0.15) is 41.3 Å². The van der Waals surface area contributed by atoms with Crippen molar-refractivity contribution in [1.82, 2.24) is 0 Å². The molecule has 4 nitrogen and oxygen atoms in total. The zero-order valence-electron chi connectivity index (χ0n) is 11.4. The number of fused-ring (bicyclic) bond motifs is 1. The number of anilines is 1. The molecule has 0 aromatic heterocycles. The lowest BCUT2D eigenvalue weighted by molar-refractivity contribution is -0.117. The summed E-state index contributed by atoms with van der Waals surface area (Å²) in [6, 6.07) is 3.77. The van der Waals surface area contributed by atoms with Gasteiger partial charge in [0.25, 0.3) is 11.7 Å². The topological polar surface area (TPSA) is 54.5 Å². The van der Waals surface area contributed by atoms with Crippen molar-refractivity contribution in [3.63, 3.8) is 0 Å². The minimum Gasteiger partial charge on any atom is -0.305 e. The van der Waals surface area contributed by atoms with E-state index in [-0.39, 0.29) is 5.78 Å². The Labute approximate surface area is 112 Å². The number of hydrogen-bond acceptors (Lipinski definition) is 3. The van der Waals surface area contributed by atoms with E-state index in [2.05, 4.69) is 0 Å². The molecule has 1 aromatic carbocycles. The zero-order chi connectivity index (χ0) is 14.2. The number of aryl methyl sites for hydroxylation is 2. The van der Waals surface area contributed by atoms with E-state index >= 15 is 0 Å². The molecule has 1 aliphatic rings. The second kappa shape index (κ2) is 4.96. The molecule has 0 fully saturated rings. The van der Waals surface area contributed by atoms with Crippen LogP contribution < -0.4 is 4.90 Å². The highest BCUT2D eigenvalue weighted by atomic mass is 16.2. The van der Waals surface area contributed by atoms with Crippen molar-refractivity contribution in [2.24, 2.45) is 0 Å². The predicted octanol–water partition coefficient (Wildman–Crippen LogP) is 2.20. The van der Waals surface area contributed by atoms with E-state index in [1.54, 1.807) is 0 Å². The van der Waals surface area contributed by atoms with Crippen molar-refractivity contribution in [2.45, 2.75) is 33.6 Å². The lowest BCUT2D eigenvalue weighted by Gasteiger charge is -2.16. The largest absolute Gasteiger partial charge is 0.305 e. The molecule has 0 aliphatic carbocycles. The molecule has 4 heteroatoms. The fraction of sp³-hybridized carbons (Fsp3) is 0.400. The van der Waals surface area contributed by atoms with Crippen LogP contribution in [-0.4, -0.2) is 24.0 Å². The maximum atomic E-state index is 12.0. The van der Waals surface area contributed by atoms with Gasteiger partial charge in [-0.05, 0) is 44.4 Å². The zero-order valence-corrected chi connectivity index (χ0v) is 11.4. The number of amides is 1. The SMILES string of the molecule is CC(=O)CCCN1C(=O)C(=O)c2c(C)cc(C)cc21. The standard InChI is InChI=1S/C15H17NO3/c1-9-7-10(2)13-12(8-9)16(15(19)14(13)18)6-4-5-11(3)17/h7-8H,4-6H2,1-3H3. The van der Waals surface area contributed by atoms with Crippen molar-refractivity contribution < 1.29 is 14.4 Å². The van der Waals surface area contributed by atoms with Gasteiger partial charge in [0.1, 0.15) is 5.78 Å². The molecular weight excluding hydrogens is 242 g/mol. The Morgan fingerprint density at radius 2 is 1.89 bits per heavy atom. The lowest BCUT2D eigenvalue weighted by atomic mass is 10.0. The van der Waals surface area contributed by atoms with E-state index < -0.39 is 11.7 Å². The first-order valence-electron chi connectivity index (χ1n) is 6.38. The van der Waals surface area contributed by atoms with Gasteiger partial charge in [-0.2, -0.15) is 0 Å². The van der Waals surface area contributed by atoms with Gasteiger partial charge in [-0.15, -0.1) is 0 Å². The lowest BCUT2D eigenvalue weighted by Crippen LogP contribution is -2.30. The molecule has 0 spiro atoms. The number of carbonyl (C=O) groups is 3. The number of rotatable bonds is 4. The van der Waals surface area contributed by atoms with E-state index in [1.807, 2.05) is 26.0 Å². The summed E-state index contributed by atoms with van der Waals surface area (Å²) in [4.78, 5) is 36.4. The first kappa shape index (κ1) is 13.5. The Morgan fingerprint density at radius 3 is 2.53 bits per heavy atom. The van der Waals surface area contributed by atoms with Crippen LogP contribution in [0.4, 0.5) is 5.69 Å². The molecule has 1 aliphatic heterocycles. The molecule has 1 aromatic rings. The molecule has 2 rings (SSSR count). The first-order chi connectivity index (χ1) is 8.91. The van der Waals surface area contributed by atoms with Gasteiger partial charge in [-0.25, -0.2) is 0 Å². The number of carbonyl (C=O) groups excluding carboxylic acids is 3. The molecule has 0 atom stereocenters. The van der Waals surface area contributed by atoms with Crippen molar-refractivity contribution in [3.05, 3.63) is 28.8 Å². The van der Waals surface area contributed by atoms with Gasteiger partial charge >= 0.3 is 0 Å². The molecule has 0 N–H and O–H groups in total. The second-order valence-electron chi connectivity index (χ2n) is 5.07. The number of Topliss-reactive ketones (excluding diaryl/α,β-unsaturated/α-hetero) is 2. The summed E-state index contributed by atoms with van der Waals surface area (Å²) in [7, 11) is 0. The summed E-state index contributed by atoms with van der Waals surface area (Å²) in [6.45, 7) is 5.73. The molecule has 100 valence electrons. The minimum absolute atomic E-state index is 0.0959. The van der Waals surface area contributed by atoms with Gasteiger partial charge in [-0.1, -0.05) is 6.07 Å². The Kier molecular flexibility index (Phi) is 3.51. The minimum atomic E-state index is -0.479. The average molecular weight is 259 g/mol. The van der Waals surface area contributed by atoms with Gasteiger partial charge in [0.2, 0.25) is 0 Å². The third-order valence-corrected chi connectivity index (χ3v) is 3.33. The third kappa shape index (κ3) is 2.43. The quantitative estimate of drug-likeness (QED) is 0.779. The van der Waals surface area contributed by atoms with Crippen LogP contribution in [0.25, 0.3) is 0 Å². The van der Waals surface area contributed by atoms with Crippen LogP contribution in [0.5, 0.6) is 0 Å². The molecule has 0 saturated carbocycles. The molecule has 0 saturated heterocycles. The van der Waals surface area contributed by atoms with Crippen molar-refractivity contribution in [1.29, 1.82) is 0 Å². The summed E-state index contributed by atoms with van der Waals surface area (Å²) in [6.07, 6.45) is 1.01. The normalized spacial score (nSPS) is 13.9. The average Bonchev–Trinajstić information content (AvgIpc) is 2.53. The number of nitrogens with zero attached hydrogens (tertiary/aromatic N) is 1. The van der Waals surface area contributed by atoms with E-state index in [4.69, 9.17) is 0 Å². The molecule has 0 bridgehead atoms. The monoisotopic (exact) mass is 259 g/mol. The van der Waals surface area contributed by atoms with Crippen LogP contribution in [0.2, 0.25) is 0 Å². The van der Waals surface area contributed by atoms with E-state index in [0.29, 0.717) is 30.6 Å². The van der Waals surface area contributed by atoms with Crippen LogP contribution in [0.3, 0.4) is 0 Å². The van der Waals surface area contributed by atoms with Crippen LogP contribution in [-0.2, 0) is 9.59 Å². The summed E-state index contributed by atoms with van der Waals surface area (Å²) < 4.78 is 0. The van der Waals surface area contributed by atoms with Gasteiger partial charge in [0, 0.05) is 13.0 Å². The Morgan fingerprint density at radius 1 is 1.21 bits per heavy atom. The van der Waals surface area contributed by atoms with Gasteiger partial charge in [-0.3, -0.25) is 9.59 Å². The van der Waals surface area contributed by atoms with E-state index in [0.717, 1.165) is 11.1 Å². The van der Waals surface area contributed by atoms with Crippen molar-refractivity contribution in [2.75, 3.05) is 11.4 Å². The van der Waals surface area contributed by atoms with Crippen molar-refractivity contribution >= 4 is 23.2 Å². The van der Waals surface area contributed by atoms with Crippen LogP contribution >= 0.6 is 0 Å². The summed E-state index contributed by atoms with van der Waals surface area (Å²) >= 11 is 0. The predicted molar refractivity (Wildman–Crippen MR) is 72.5 cm³/mol. The smallest absolute Gasteiger partial charge is 0.299 e. The maximum Gasteiger partial charge on any atom is 0.299 e. The Balaban J connectivity index is 2.31. The maximum absolute atomic E-state index is 12.0. The summed E-state index contributed by atoms with van der Waals surface area (Å²) in [5.74, 6) is -0.818. The highest BCUT2D eigenvalue weighted by Crippen LogP contribution is 2.32. The fourth-order valence-electron chi connectivity index (χ4n) is 2.50. The van der Waals surface area contributed by atoms with Crippen molar-refractivity contribution in [3.8, 4) is 0 Å². The summed E-state index contributed by atoms with van der Waals surface area (Å²) in [5.41, 5.74) is 3.06. The van der Waals surface area contributed by atoms with E-state index in [9.17, 15) is 14.4 Å². The number of benzene rings is 1. The number of hydrogen-bond donors (Lipinski definition) is 0.